The number of nitrogens with zero attached hydrogens (tertiary/aromatic N) is 2. The molecule has 1 N–H and O–H groups in total. The van der Waals surface area contributed by atoms with E-state index in [0.717, 1.165) is 56.4 Å². The highest BCUT2D eigenvalue weighted by molar-refractivity contribution is 7.89. The van der Waals surface area contributed by atoms with Gasteiger partial charge in [-0.2, -0.15) is 0 Å². The molecule has 2 amide bonds. The van der Waals surface area contributed by atoms with Crippen LogP contribution in [0.2, 0.25) is 0 Å². The van der Waals surface area contributed by atoms with E-state index in [9.17, 15) is 18.0 Å². The van der Waals surface area contributed by atoms with Crippen LogP contribution in [0.5, 0.6) is 0 Å². The number of allylic oxidation sites excluding steroid dienone is 1. The van der Waals surface area contributed by atoms with Crippen molar-refractivity contribution in [1.29, 1.82) is 0 Å². The van der Waals surface area contributed by atoms with Gasteiger partial charge in [-0.1, -0.05) is 11.6 Å². The zero-order valence-electron chi connectivity index (χ0n) is 18.6. The lowest BCUT2D eigenvalue weighted by Gasteiger charge is -2.19. The van der Waals surface area contributed by atoms with E-state index in [2.05, 4.69) is 10.8 Å². The zero-order valence-corrected chi connectivity index (χ0v) is 19.5. The first-order chi connectivity index (χ1) is 15.4. The van der Waals surface area contributed by atoms with Crippen LogP contribution in [0.25, 0.3) is 0 Å². The van der Waals surface area contributed by atoms with Gasteiger partial charge in [0.1, 0.15) is 0 Å². The summed E-state index contributed by atoms with van der Waals surface area (Å²) in [5.41, 5.74) is 2.96. The van der Waals surface area contributed by atoms with Gasteiger partial charge in [0.15, 0.2) is 0 Å². The molecule has 0 saturated carbocycles. The predicted molar refractivity (Wildman–Crippen MR) is 124 cm³/mol. The van der Waals surface area contributed by atoms with Gasteiger partial charge in [-0.3, -0.25) is 9.59 Å². The average Bonchev–Trinajstić information content (AvgIpc) is 3.47. The Morgan fingerprint density at radius 3 is 2.47 bits per heavy atom. The summed E-state index contributed by atoms with van der Waals surface area (Å²) >= 11 is 0. The van der Waals surface area contributed by atoms with Crippen molar-refractivity contribution in [2.24, 2.45) is 0 Å². The van der Waals surface area contributed by atoms with E-state index in [-0.39, 0.29) is 29.6 Å². The number of benzene rings is 1. The zero-order chi connectivity index (χ0) is 22.6. The molecule has 2 aliphatic heterocycles. The molecule has 0 bridgehead atoms. The summed E-state index contributed by atoms with van der Waals surface area (Å²) in [4.78, 5) is 28.7. The van der Waals surface area contributed by atoms with Gasteiger partial charge < -0.3 is 9.80 Å². The van der Waals surface area contributed by atoms with Gasteiger partial charge in [0.2, 0.25) is 21.8 Å². The largest absolute Gasteiger partial charge is 0.343 e. The molecule has 8 heteroatoms. The Balaban J connectivity index is 1.33. The molecule has 174 valence electrons. The number of sulfonamides is 1. The van der Waals surface area contributed by atoms with Crippen molar-refractivity contribution in [3.05, 3.63) is 35.4 Å². The third-order valence-electron chi connectivity index (χ3n) is 6.69. The molecule has 0 spiro atoms. The second-order valence-corrected chi connectivity index (χ2v) is 10.7. The molecule has 3 aliphatic rings. The number of likely N-dealkylation sites (tertiary alicyclic amines) is 1. The molecule has 0 radical (unpaired) electrons. The number of amides is 2. The lowest BCUT2D eigenvalue weighted by Crippen LogP contribution is -2.32. The summed E-state index contributed by atoms with van der Waals surface area (Å²) in [6.45, 7) is 2.52. The van der Waals surface area contributed by atoms with Crippen LogP contribution in [0.1, 0.15) is 63.4 Å². The first kappa shape index (κ1) is 23.0. The van der Waals surface area contributed by atoms with Gasteiger partial charge in [-0.25, -0.2) is 13.1 Å². The van der Waals surface area contributed by atoms with Crippen molar-refractivity contribution in [1.82, 2.24) is 9.62 Å². The lowest BCUT2D eigenvalue weighted by atomic mass is 9.97. The molecule has 1 aromatic rings. The van der Waals surface area contributed by atoms with Crippen LogP contribution >= 0.6 is 0 Å². The fourth-order valence-electron chi connectivity index (χ4n) is 4.84. The molecular weight excluding hydrogens is 426 g/mol. The molecule has 7 nitrogen and oxygen atoms in total. The number of fused-ring (bicyclic) bond motifs is 1. The van der Waals surface area contributed by atoms with Crippen molar-refractivity contribution in [2.45, 2.75) is 69.1 Å². The van der Waals surface area contributed by atoms with Crippen molar-refractivity contribution in [3.8, 4) is 0 Å². The summed E-state index contributed by atoms with van der Waals surface area (Å²) in [5, 5.41) is 0. The highest BCUT2D eigenvalue weighted by Gasteiger charge is 2.27. The van der Waals surface area contributed by atoms with Crippen LogP contribution < -0.4 is 9.62 Å². The highest BCUT2D eigenvalue weighted by atomic mass is 32.2. The van der Waals surface area contributed by atoms with Crippen LogP contribution in [0, 0.1) is 0 Å². The number of hydrogen-bond acceptors (Lipinski definition) is 4. The molecule has 1 saturated heterocycles. The Morgan fingerprint density at radius 1 is 0.938 bits per heavy atom. The van der Waals surface area contributed by atoms with Gasteiger partial charge >= 0.3 is 0 Å². The molecule has 0 aromatic heterocycles. The topological polar surface area (TPSA) is 86.8 Å². The molecule has 32 heavy (non-hydrogen) atoms. The number of rotatable bonds is 8. The average molecular weight is 460 g/mol. The van der Waals surface area contributed by atoms with Crippen LogP contribution in [0.3, 0.4) is 0 Å². The Hall–Kier alpha value is -2.19. The van der Waals surface area contributed by atoms with Gasteiger partial charge in [0, 0.05) is 44.7 Å². The first-order valence-electron chi connectivity index (χ1n) is 11.8. The summed E-state index contributed by atoms with van der Waals surface area (Å²) in [6, 6.07) is 4.98. The summed E-state index contributed by atoms with van der Waals surface area (Å²) in [5.74, 6) is -0.0300. The molecule has 1 aliphatic carbocycles. The maximum Gasteiger partial charge on any atom is 0.240 e. The van der Waals surface area contributed by atoms with Crippen molar-refractivity contribution < 1.29 is 18.0 Å². The fraction of sp³-hybridized carbons (Fsp3) is 0.583. The molecule has 0 unspecified atom stereocenters. The highest BCUT2D eigenvalue weighted by Crippen LogP contribution is 2.31. The standard InChI is InChI=1S/C24H33N3O4S/c28-23(26-15-4-5-16-26)10-11-24(29)27-17-13-20-18-21(8-9-22(20)27)32(30,31)25-14-12-19-6-2-1-3-7-19/h6,8-9,18,25H,1-5,7,10-17H2. The Morgan fingerprint density at radius 2 is 1.72 bits per heavy atom. The number of carbonyl (C=O) groups excluding carboxylic acids is 2. The monoisotopic (exact) mass is 459 g/mol. The van der Waals surface area contributed by atoms with Gasteiger partial charge in [0.05, 0.1) is 4.90 Å². The molecule has 1 fully saturated rings. The molecule has 1 aromatic carbocycles. The third-order valence-corrected chi connectivity index (χ3v) is 8.15. The van der Waals surface area contributed by atoms with E-state index in [0.29, 0.717) is 19.5 Å². The Kier molecular flexibility index (Phi) is 7.30. The molecule has 4 rings (SSSR count). The minimum absolute atomic E-state index is 0.0479. The third kappa shape index (κ3) is 5.41. The number of carbonyl (C=O) groups is 2. The smallest absolute Gasteiger partial charge is 0.240 e. The van der Waals surface area contributed by atoms with E-state index in [4.69, 9.17) is 0 Å². The van der Waals surface area contributed by atoms with E-state index in [1.807, 2.05) is 4.90 Å². The molecular formula is C24H33N3O4S. The minimum atomic E-state index is -3.58. The fourth-order valence-corrected chi connectivity index (χ4v) is 5.92. The normalized spacial score (nSPS) is 18.6. The number of hydrogen-bond donors (Lipinski definition) is 1. The van der Waals surface area contributed by atoms with Crippen molar-refractivity contribution in [2.75, 3.05) is 31.1 Å². The van der Waals surface area contributed by atoms with Crippen LogP contribution in [-0.2, 0) is 26.0 Å². The Labute approximate surface area is 190 Å². The lowest BCUT2D eigenvalue weighted by molar-refractivity contribution is -0.132. The summed E-state index contributed by atoms with van der Waals surface area (Å²) in [6.07, 6.45) is 10.7. The SMILES string of the molecule is O=C(CCC(=O)N1CCc2cc(S(=O)(=O)NCCC3=CCCCC3)ccc21)N1CCCC1. The quantitative estimate of drug-likeness (QED) is 0.605. The van der Waals surface area contributed by atoms with Gasteiger partial charge in [-0.15, -0.1) is 0 Å². The molecule has 2 heterocycles. The van der Waals surface area contributed by atoms with Crippen LogP contribution in [0.15, 0.2) is 34.7 Å². The maximum atomic E-state index is 12.7. The van der Waals surface area contributed by atoms with E-state index >= 15 is 0 Å². The van der Waals surface area contributed by atoms with Crippen LogP contribution in [0.4, 0.5) is 5.69 Å². The number of anilines is 1. The summed E-state index contributed by atoms with van der Waals surface area (Å²) in [7, 11) is -3.58. The van der Waals surface area contributed by atoms with E-state index in [1.54, 1.807) is 23.1 Å². The second kappa shape index (κ2) is 10.2. The number of nitrogens with one attached hydrogen (secondary N) is 1. The van der Waals surface area contributed by atoms with Crippen molar-refractivity contribution in [3.63, 3.8) is 0 Å². The second-order valence-electron chi connectivity index (χ2n) is 8.93. The summed E-state index contributed by atoms with van der Waals surface area (Å²) < 4.78 is 28.2. The maximum absolute atomic E-state index is 12.7. The first-order valence-corrected chi connectivity index (χ1v) is 13.3. The van der Waals surface area contributed by atoms with Crippen LogP contribution in [-0.4, -0.2) is 51.3 Å². The minimum Gasteiger partial charge on any atom is -0.343 e. The van der Waals surface area contributed by atoms with Gasteiger partial charge in [0.25, 0.3) is 0 Å². The van der Waals surface area contributed by atoms with Gasteiger partial charge in [-0.05, 0) is 75.1 Å². The molecule has 0 atom stereocenters. The van der Waals surface area contributed by atoms with E-state index < -0.39 is 10.0 Å². The van der Waals surface area contributed by atoms with Crippen molar-refractivity contribution >= 4 is 27.5 Å². The predicted octanol–water partition coefficient (Wildman–Crippen LogP) is 3.15. The van der Waals surface area contributed by atoms with E-state index in [1.165, 1.54) is 18.4 Å². The Bertz CT molecular complexity index is 996.